The number of hydrogen-bond acceptors (Lipinski definition) is 3. The smallest absolute Gasteiger partial charge is 0.258 e. The summed E-state index contributed by atoms with van der Waals surface area (Å²) in [5.41, 5.74) is 3.44. The summed E-state index contributed by atoms with van der Waals surface area (Å²) in [6, 6.07) is 9.39. The molecule has 0 fully saturated rings. The van der Waals surface area contributed by atoms with Gasteiger partial charge in [0.05, 0.1) is 5.56 Å². The van der Waals surface area contributed by atoms with Crippen LogP contribution in [0.25, 0.3) is 0 Å². The van der Waals surface area contributed by atoms with Crippen molar-refractivity contribution in [3.8, 4) is 0 Å². The van der Waals surface area contributed by atoms with E-state index in [-0.39, 0.29) is 5.91 Å². The molecule has 0 spiro atoms. The van der Waals surface area contributed by atoms with E-state index in [2.05, 4.69) is 26.2 Å². The standard InChI is InChI=1S/C15H16BrN3O/c1-10-9-11(19(2)3)6-7-13(10)18-15(20)12-5-4-8-17-14(12)16/h4-9H,1-3H3,(H,18,20). The summed E-state index contributed by atoms with van der Waals surface area (Å²) in [4.78, 5) is 18.3. The number of hydrogen-bond donors (Lipinski definition) is 1. The van der Waals surface area contributed by atoms with Gasteiger partial charge in [-0.25, -0.2) is 4.98 Å². The van der Waals surface area contributed by atoms with Gasteiger partial charge in [-0.1, -0.05) is 0 Å². The molecule has 1 heterocycles. The Morgan fingerprint density at radius 2 is 2.05 bits per heavy atom. The summed E-state index contributed by atoms with van der Waals surface area (Å²) in [6.07, 6.45) is 1.64. The van der Waals surface area contributed by atoms with Crippen LogP contribution in [0.15, 0.2) is 41.1 Å². The van der Waals surface area contributed by atoms with Gasteiger partial charge in [-0.05, 0) is 58.7 Å². The maximum absolute atomic E-state index is 12.2. The monoisotopic (exact) mass is 333 g/mol. The minimum atomic E-state index is -0.175. The third-order valence-electron chi connectivity index (χ3n) is 2.98. The lowest BCUT2D eigenvalue weighted by Crippen LogP contribution is -2.14. The van der Waals surface area contributed by atoms with E-state index >= 15 is 0 Å². The number of carbonyl (C=O) groups is 1. The van der Waals surface area contributed by atoms with Crippen molar-refractivity contribution in [3.63, 3.8) is 0 Å². The lowest BCUT2D eigenvalue weighted by Gasteiger charge is -2.15. The number of carbonyl (C=O) groups excluding carboxylic acids is 1. The van der Waals surface area contributed by atoms with Gasteiger partial charge in [0.25, 0.3) is 5.91 Å². The van der Waals surface area contributed by atoms with Crippen molar-refractivity contribution < 1.29 is 4.79 Å². The molecule has 0 saturated heterocycles. The number of anilines is 2. The number of aryl methyl sites for hydroxylation is 1. The van der Waals surface area contributed by atoms with Crippen molar-refractivity contribution in [3.05, 3.63) is 52.3 Å². The number of nitrogens with zero attached hydrogens (tertiary/aromatic N) is 2. The van der Waals surface area contributed by atoms with E-state index < -0.39 is 0 Å². The number of nitrogens with one attached hydrogen (secondary N) is 1. The third-order valence-corrected chi connectivity index (χ3v) is 3.61. The quantitative estimate of drug-likeness (QED) is 0.874. The van der Waals surface area contributed by atoms with Crippen LogP contribution in [0.4, 0.5) is 11.4 Å². The summed E-state index contributed by atoms with van der Waals surface area (Å²) in [6.45, 7) is 1.97. The van der Waals surface area contributed by atoms with E-state index in [1.165, 1.54) is 0 Å². The Morgan fingerprint density at radius 1 is 1.30 bits per heavy atom. The van der Waals surface area contributed by atoms with Crippen LogP contribution >= 0.6 is 15.9 Å². The second-order valence-electron chi connectivity index (χ2n) is 4.69. The van der Waals surface area contributed by atoms with Crippen LogP contribution in [0.2, 0.25) is 0 Å². The van der Waals surface area contributed by atoms with E-state index in [4.69, 9.17) is 0 Å². The maximum Gasteiger partial charge on any atom is 0.258 e. The Bertz CT molecular complexity index is 641. The minimum Gasteiger partial charge on any atom is -0.378 e. The zero-order valence-electron chi connectivity index (χ0n) is 11.6. The van der Waals surface area contributed by atoms with Crippen LogP contribution in [0.1, 0.15) is 15.9 Å². The molecule has 1 amide bonds. The van der Waals surface area contributed by atoms with E-state index in [9.17, 15) is 4.79 Å². The molecule has 20 heavy (non-hydrogen) atoms. The molecule has 5 heteroatoms. The Morgan fingerprint density at radius 3 is 2.65 bits per heavy atom. The Kier molecular flexibility index (Phi) is 4.39. The minimum absolute atomic E-state index is 0.175. The normalized spacial score (nSPS) is 10.2. The number of rotatable bonds is 3. The molecule has 0 aliphatic carbocycles. The van der Waals surface area contributed by atoms with Crippen molar-refractivity contribution in [2.24, 2.45) is 0 Å². The van der Waals surface area contributed by atoms with Gasteiger partial charge in [-0.2, -0.15) is 0 Å². The van der Waals surface area contributed by atoms with E-state index in [0.717, 1.165) is 16.9 Å². The number of pyridine rings is 1. The van der Waals surface area contributed by atoms with Crippen molar-refractivity contribution in [1.29, 1.82) is 0 Å². The van der Waals surface area contributed by atoms with Crippen molar-refractivity contribution in [2.75, 3.05) is 24.3 Å². The average Bonchev–Trinajstić information content (AvgIpc) is 2.41. The van der Waals surface area contributed by atoms with Crippen molar-refractivity contribution >= 4 is 33.2 Å². The fraction of sp³-hybridized carbons (Fsp3) is 0.200. The fourth-order valence-electron chi connectivity index (χ4n) is 1.81. The van der Waals surface area contributed by atoms with Crippen LogP contribution in [0.5, 0.6) is 0 Å². The lowest BCUT2D eigenvalue weighted by molar-refractivity contribution is 0.102. The zero-order chi connectivity index (χ0) is 14.7. The van der Waals surface area contributed by atoms with E-state index in [1.807, 2.05) is 44.1 Å². The number of amides is 1. The second-order valence-corrected chi connectivity index (χ2v) is 5.44. The van der Waals surface area contributed by atoms with Gasteiger partial charge in [0.2, 0.25) is 0 Å². The van der Waals surface area contributed by atoms with Gasteiger partial charge in [-0.3, -0.25) is 4.79 Å². The molecule has 104 valence electrons. The SMILES string of the molecule is Cc1cc(N(C)C)ccc1NC(=O)c1cccnc1Br. The molecule has 0 aliphatic heterocycles. The van der Waals surface area contributed by atoms with Crippen LogP contribution in [0, 0.1) is 6.92 Å². The first-order chi connectivity index (χ1) is 9.49. The Labute approximate surface area is 127 Å². The predicted molar refractivity (Wildman–Crippen MR) is 85.4 cm³/mol. The summed E-state index contributed by atoms with van der Waals surface area (Å²) < 4.78 is 0.542. The third kappa shape index (κ3) is 3.17. The Balaban J connectivity index is 2.22. The van der Waals surface area contributed by atoms with Crippen molar-refractivity contribution in [1.82, 2.24) is 4.98 Å². The molecule has 4 nitrogen and oxygen atoms in total. The molecule has 1 aromatic carbocycles. The summed E-state index contributed by atoms with van der Waals surface area (Å²) >= 11 is 3.28. The highest BCUT2D eigenvalue weighted by Gasteiger charge is 2.12. The van der Waals surface area contributed by atoms with Gasteiger partial charge in [0.15, 0.2) is 0 Å². The number of aromatic nitrogens is 1. The van der Waals surface area contributed by atoms with Gasteiger partial charge in [-0.15, -0.1) is 0 Å². The topological polar surface area (TPSA) is 45.2 Å². The zero-order valence-corrected chi connectivity index (χ0v) is 13.2. The largest absolute Gasteiger partial charge is 0.378 e. The van der Waals surface area contributed by atoms with E-state index in [1.54, 1.807) is 18.3 Å². The summed E-state index contributed by atoms with van der Waals surface area (Å²) in [5, 5.41) is 2.91. The van der Waals surface area contributed by atoms with Crippen LogP contribution in [0.3, 0.4) is 0 Å². The first-order valence-corrected chi connectivity index (χ1v) is 6.98. The van der Waals surface area contributed by atoms with Gasteiger partial charge in [0.1, 0.15) is 4.60 Å². The van der Waals surface area contributed by atoms with Crippen LogP contribution in [-0.4, -0.2) is 25.0 Å². The first-order valence-electron chi connectivity index (χ1n) is 6.19. The van der Waals surface area contributed by atoms with Gasteiger partial charge < -0.3 is 10.2 Å². The highest BCUT2D eigenvalue weighted by molar-refractivity contribution is 9.10. The van der Waals surface area contributed by atoms with Crippen LogP contribution < -0.4 is 10.2 Å². The highest BCUT2D eigenvalue weighted by Crippen LogP contribution is 2.22. The molecular weight excluding hydrogens is 318 g/mol. The molecule has 0 radical (unpaired) electrons. The predicted octanol–water partition coefficient (Wildman–Crippen LogP) is 3.47. The molecule has 0 atom stereocenters. The van der Waals surface area contributed by atoms with Crippen LogP contribution in [-0.2, 0) is 0 Å². The lowest BCUT2D eigenvalue weighted by atomic mass is 10.1. The second kappa shape index (κ2) is 6.05. The molecule has 2 aromatic rings. The van der Waals surface area contributed by atoms with Gasteiger partial charge >= 0.3 is 0 Å². The number of halogens is 1. The van der Waals surface area contributed by atoms with E-state index in [0.29, 0.717) is 10.2 Å². The molecule has 1 N–H and O–H groups in total. The molecular formula is C15H16BrN3O. The molecule has 0 aliphatic rings. The molecule has 0 unspecified atom stereocenters. The van der Waals surface area contributed by atoms with Crippen molar-refractivity contribution in [2.45, 2.75) is 6.92 Å². The molecule has 0 saturated carbocycles. The first kappa shape index (κ1) is 14.5. The summed E-state index contributed by atoms with van der Waals surface area (Å²) in [7, 11) is 3.97. The molecule has 1 aromatic heterocycles. The average molecular weight is 334 g/mol. The Hall–Kier alpha value is -1.88. The van der Waals surface area contributed by atoms with Gasteiger partial charge in [0, 0.05) is 31.7 Å². The maximum atomic E-state index is 12.2. The molecule has 2 rings (SSSR count). The fourth-order valence-corrected chi connectivity index (χ4v) is 2.24. The molecule has 0 bridgehead atoms. The summed E-state index contributed by atoms with van der Waals surface area (Å²) in [5.74, 6) is -0.175. The number of benzene rings is 1. The highest BCUT2D eigenvalue weighted by atomic mass is 79.9.